The average Bonchev–Trinajstić information content (AvgIpc) is 2.43. The second-order valence-corrected chi connectivity index (χ2v) is 5.53. The second-order valence-electron chi connectivity index (χ2n) is 5.53. The zero-order valence-corrected chi connectivity index (χ0v) is 11.9. The van der Waals surface area contributed by atoms with Crippen molar-refractivity contribution in [3.8, 4) is 0 Å². The number of carbonyl (C=O) groups is 2. The summed E-state index contributed by atoms with van der Waals surface area (Å²) in [5.41, 5.74) is 0.962. The quantitative estimate of drug-likeness (QED) is 0.755. The molecule has 1 aliphatic carbocycles. The lowest BCUT2D eigenvalue weighted by molar-refractivity contribution is -0.111. The number of amides is 2. The van der Waals surface area contributed by atoms with Gasteiger partial charge in [-0.15, -0.1) is 0 Å². The van der Waals surface area contributed by atoms with E-state index in [-0.39, 0.29) is 36.9 Å². The van der Waals surface area contributed by atoms with Crippen LogP contribution in [0.3, 0.4) is 0 Å². The predicted molar refractivity (Wildman–Crippen MR) is 75.9 cm³/mol. The number of halogens is 2. The number of carboxylic acid groups (broad SMARTS) is 1. The van der Waals surface area contributed by atoms with Crippen molar-refractivity contribution >= 4 is 12.0 Å². The number of nitrogens with one attached hydrogen (secondary N) is 2. The van der Waals surface area contributed by atoms with Crippen LogP contribution < -0.4 is 10.6 Å². The van der Waals surface area contributed by atoms with Crippen LogP contribution in [0.2, 0.25) is 0 Å². The third-order valence-electron chi connectivity index (χ3n) is 3.67. The van der Waals surface area contributed by atoms with Crippen molar-refractivity contribution in [3.05, 3.63) is 35.4 Å². The SMILES string of the molecule is O=C(NCCC1CC(F)(F)C1)NCc1ccc(C(=O)O)cc1. The maximum absolute atomic E-state index is 12.6. The zero-order chi connectivity index (χ0) is 16.2. The van der Waals surface area contributed by atoms with E-state index in [1.165, 1.54) is 12.1 Å². The lowest BCUT2D eigenvalue weighted by Crippen LogP contribution is -2.40. The molecular weight excluding hydrogens is 294 g/mol. The van der Waals surface area contributed by atoms with Gasteiger partial charge < -0.3 is 15.7 Å². The highest BCUT2D eigenvalue weighted by atomic mass is 19.3. The molecule has 0 radical (unpaired) electrons. The van der Waals surface area contributed by atoms with Gasteiger partial charge in [0, 0.05) is 25.9 Å². The molecule has 2 amide bonds. The molecule has 120 valence electrons. The minimum Gasteiger partial charge on any atom is -0.478 e. The van der Waals surface area contributed by atoms with Gasteiger partial charge in [-0.05, 0) is 30.0 Å². The van der Waals surface area contributed by atoms with Gasteiger partial charge in [-0.2, -0.15) is 0 Å². The fourth-order valence-electron chi connectivity index (χ4n) is 2.39. The number of alkyl halides is 2. The molecule has 0 saturated heterocycles. The molecule has 1 aromatic rings. The maximum atomic E-state index is 12.6. The summed E-state index contributed by atoms with van der Waals surface area (Å²) in [6.45, 7) is 0.637. The van der Waals surface area contributed by atoms with Crippen LogP contribution in [0, 0.1) is 5.92 Å². The van der Waals surface area contributed by atoms with Gasteiger partial charge in [0.2, 0.25) is 5.92 Å². The number of hydrogen-bond acceptors (Lipinski definition) is 2. The Hall–Kier alpha value is -2.18. The van der Waals surface area contributed by atoms with Gasteiger partial charge in [0.15, 0.2) is 0 Å². The number of benzene rings is 1. The normalized spacial score (nSPS) is 16.6. The van der Waals surface area contributed by atoms with Crippen LogP contribution in [0.4, 0.5) is 13.6 Å². The third kappa shape index (κ3) is 4.68. The molecular formula is C15H18F2N2O3. The molecule has 0 aromatic heterocycles. The summed E-state index contributed by atoms with van der Waals surface area (Å²) in [6.07, 6.45) is 0.370. The third-order valence-corrected chi connectivity index (χ3v) is 3.67. The van der Waals surface area contributed by atoms with Crippen LogP contribution >= 0.6 is 0 Å². The largest absolute Gasteiger partial charge is 0.478 e. The second kappa shape index (κ2) is 6.72. The van der Waals surface area contributed by atoms with E-state index in [9.17, 15) is 18.4 Å². The first-order valence-corrected chi connectivity index (χ1v) is 7.07. The highest BCUT2D eigenvalue weighted by Gasteiger charge is 2.44. The molecule has 0 unspecified atom stereocenters. The molecule has 0 heterocycles. The van der Waals surface area contributed by atoms with E-state index in [0.717, 1.165) is 5.56 Å². The van der Waals surface area contributed by atoms with Gasteiger partial charge in [-0.25, -0.2) is 18.4 Å². The number of aromatic carboxylic acids is 1. The van der Waals surface area contributed by atoms with Crippen molar-refractivity contribution in [2.45, 2.75) is 31.7 Å². The minimum absolute atomic E-state index is 0.0149. The minimum atomic E-state index is -2.52. The molecule has 2 rings (SSSR count). The van der Waals surface area contributed by atoms with Crippen molar-refractivity contribution in [2.75, 3.05) is 6.54 Å². The van der Waals surface area contributed by atoms with Crippen LogP contribution in [0.5, 0.6) is 0 Å². The van der Waals surface area contributed by atoms with Crippen molar-refractivity contribution in [1.82, 2.24) is 10.6 Å². The lowest BCUT2D eigenvalue weighted by atomic mass is 9.79. The van der Waals surface area contributed by atoms with Gasteiger partial charge in [0.05, 0.1) is 5.56 Å². The summed E-state index contributed by atoms with van der Waals surface area (Å²) in [5.74, 6) is -3.53. The molecule has 0 spiro atoms. The van der Waals surface area contributed by atoms with Crippen molar-refractivity contribution in [1.29, 1.82) is 0 Å². The average molecular weight is 312 g/mol. The van der Waals surface area contributed by atoms with Gasteiger partial charge in [0.25, 0.3) is 0 Å². The van der Waals surface area contributed by atoms with Gasteiger partial charge in [-0.3, -0.25) is 0 Å². The van der Waals surface area contributed by atoms with Crippen LogP contribution in [-0.4, -0.2) is 29.6 Å². The highest BCUT2D eigenvalue weighted by molar-refractivity contribution is 5.87. The monoisotopic (exact) mass is 312 g/mol. The Morgan fingerprint density at radius 3 is 2.36 bits per heavy atom. The molecule has 1 saturated carbocycles. The van der Waals surface area contributed by atoms with E-state index in [1.54, 1.807) is 12.1 Å². The Bertz CT molecular complexity index is 538. The first kappa shape index (κ1) is 16.2. The summed E-state index contributed by atoms with van der Waals surface area (Å²) in [4.78, 5) is 22.2. The number of carboxylic acids is 1. The number of rotatable bonds is 6. The molecule has 0 aliphatic heterocycles. The molecule has 7 heteroatoms. The highest BCUT2D eigenvalue weighted by Crippen LogP contribution is 2.43. The smallest absolute Gasteiger partial charge is 0.335 e. The van der Waals surface area contributed by atoms with Crippen LogP contribution in [0.25, 0.3) is 0 Å². The van der Waals surface area contributed by atoms with E-state index >= 15 is 0 Å². The van der Waals surface area contributed by atoms with Crippen LogP contribution in [-0.2, 0) is 6.54 Å². The predicted octanol–water partition coefficient (Wildman–Crippen LogP) is 2.62. The Balaban J connectivity index is 1.62. The molecule has 1 fully saturated rings. The van der Waals surface area contributed by atoms with Gasteiger partial charge in [0.1, 0.15) is 0 Å². The summed E-state index contributed by atoms with van der Waals surface area (Å²) in [7, 11) is 0. The zero-order valence-electron chi connectivity index (χ0n) is 11.9. The molecule has 3 N–H and O–H groups in total. The maximum Gasteiger partial charge on any atom is 0.335 e. The molecule has 22 heavy (non-hydrogen) atoms. The van der Waals surface area contributed by atoms with Crippen molar-refractivity contribution in [3.63, 3.8) is 0 Å². The molecule has 1 aliphatic rings. The first-order chi connectivity index (χ1) is 10.4. The number of urea groups is 1. The Kier molecular flexibility index (Phi) is 4.95. The number of hydrogen-bond donors (Lipinski definition) is 3. The summed E-state index contributed by atoms with van der Waals surface area (Å²) in [5, 5.41) is 14.0. The van der Waals surface area contributed by atoms with Crippen LogP contribution in [0.15, 0.2) is 24.3 Å². The molecule has 0 atom stereocenters. The topological polar surface area (TPSA) is 78.4 Å². The lowest BCUT2D eigenvalue weighted by Gasteiger charge is -2.34. The van der Waals surface area contributed by atoms with Crippen molar-refractivity contribution < 1.29 is 23.5 Å². The summed E-state index contributed by atoms with van der Waals surface area (Å²) in [6, 6.07) is 5.82. The van der Waals surface area contributed by atoms with E-state index in [2.05, 4.69) is 10.6 Å². The van der Waals surface area contributed by atoms with E-state index in [1.807, 2.05) is 0 Å². The fraction of sp³-hybridized carbons (Fsp3) is 0.467. The van der Waals surface area contributed by atoms with Crippen molar-refractivity contribution in [2.24, 2.45) is 5.92 Å². The van der Waals surface area contributed by atoms with Crippen LogP contribution in [0.1, 0.15) is 35.2 Å². The van der Waals surface area contributed by atoms with Gasteiger partial charge >= 0.3 is 12.0 Å². The Labute approximate surface area is 126 Å². The molecule has 5 nitrogen and oxygen atoms in total. The molecule has 1 aromatic carbocycles. The molecule has 0 bridgehead atoms. The Morgan fingerprint density at radius 2 is 1.82 bits per heavy atom. The van der Waals surface area contributed by atoms with E-state index in [4.69, 9.17) is 5.11 Å². The standard InChI is InChI=1S/C15H18F2N2O3/c16-15(17)7-11(8-15)5-6-18-14(22)19-9-10-1-3-12(4-2-10)13(20)21/h1-4,11H,5-9H2,(H,20,21)(H2,18,19,22). The summed E-state index contributed by atoms with van der Waals surface area (Å²) >= 11 is 0. The van der Waals surface area contributed by atoms with Gasteiger partial charge in [-0.1, -0.05) is 12.1 Å². The number of carbonyl (C=O) groups excluding carboxylic acids is 1. The van der Waals surface area contributed by atoms with E-state index in [0.29, 0.717) is 13.0 Å². The first-order valence-electron chi connectivity index (χ1n) is 7.07. The Morgan fingerprint density at radius 1 is 1.18 bits per heavy atom. The van der Waals surface area contributed by atoms with E-state index < -0.39 is 11.9 Å². The summed E-state index contributed by atoms with van der Waals surface area (Å²) < 4.78 is 25.2. The fourth-order valence-corrected chi connectivity index (χ4v) is 2.39.